The number of thiazole rings is 1. The zero-order valence-corrected chi connectivity index (χ0v) is 16.8. The lowest BCUT2D eigenvalue weighted by molar-refractivity contribution is 0.112. The standard InChI is InChI=1S/C19H23ClN4OS/c1-11-8-12(2)10-23(9-11)16(14-4-6-15(20)7-5-14)17-18(25)24-19(26-17)21-13(3)22-24/h4-7,11-12,16,25H,8-10H2,1-3H3/t11-,12-,16-/m0/s1. The Hall–Kier alpha value is -1.63. The van der Waals surface area contributed by atoms with Crippen molar-refractivity contribution in [2.45, 2.75) is 33.2 Å². The van der Waals surface area contributed by atoms with Crippen LogP contribution >= 0.6 is 22.9 Å². The molecule has 0 spiro atoms. The molecule has 7 heteroatoms. The third-order valence-electron chi connectivity index (χ3n) is 5.00. The number of aromatic hydroxyl groups is 1. The van der Waals surface area contributed by atoms with E-state index in [1.165, 1.54) is 17.8 Å². The Morgan fingerprint density at radius 3 is 2.46 bits per heavy atom. The largest absolute Gasteiger partial charge is 0.492 e. The van der Waals surface area contributed by atoms with Crippen LogP contribution in [0.3, 0.4) is 0 Å². The third kappa shape index (κ3) is 3.21. The van der Waals surface area contributed by atoms with Crippen LogP contribution in [0.4, 0.5) is 0 Å². The first-order valence-corrected chi connectivity index (χ1v) is 10.2. The van der Waals surface area contributed by atoms with Crippen LogP contribution in [0.1, 0.15) is 42.6 Å². The topological polar surface area (TPSA) is 53.7 Å². The number of aryl methyl sites for hydroxylation is 1. The van der Waals surface area contributed by atoms with Gasteiger partial charge in [0.05, 0.1) is 10.9 Å². The highest BCUT2D eigenvalue weighted by atomic mass is 35.5. The number of rotatable bonds is 3. The molecule has 0 aliphatic carbocycles. The van der Waals surface area contributed by atoms with Gasteiger partial charge in [0.2, 0.25) is 10.8 Å². The molecule has 0 amide bonds. The van der Waals surface area contributed by atoms with E-state index in [0.717, 1.165) is 33.5 Å². The Bertz CT molecular complexity index is 910. The maximum Gasteiger partial charge on any atom is 0.230 e. The first-order chi connectivity index (χ1) is 12.4. The van der Waals surface area contributed by atoms with Crippen molar-refractivity contribution >= 4 is 27.9 Å². The fourth-order valence-electron chi connectivity index (χ4n) is 4.12. The molecule has 2 aromatic heterocycles. The van der Waals surface area contributed by atoms with Gasteiger partial charge in [-0.15, -0.1) is 5.10 Å². The Kier molecular flexibility index (Phi) is 4.67. The average Bonchev–Trinajstić information content (AvgIpc) is 3.07. The minimum atomic E-state index is -0.0220. The van der Waals surface area contributed by atoms with Crippen LogP contribution in [0.2, 0.25) is 5.02 Å². The van der Waals surface area contributed by atoms with E-state index in [0.29, 0.717) is 17.7 Å². The first kappa shape index (κ1) is 17.8. The molecular formula is C19H23ClN4OS. The molecule has 0 bridgehead atoms. The highest BCUT2D eigenvalue weighted by Gasteiger charge is 2.33. The zero-order valence-electron chi connectivity index (χ0n) is 15.2. The summed E-state index contributed by atoms with van der Waals surface area (Å²) < 4.78 is 1.55. The molecule has 26 heavy (non-hydrogen) atoms. The highest BCUT2D eigenvalue weighted by molar-refractivity contribution is 7.17. The average molecular weight is 391 g/mol. The van der Waals surface area contributed by atoms with Gasteiger partial charge in [0.15, 0.2) is 0 Å². The van der Waals surface area contributed by atoms with Gasteiger partial charge >= 0.3 is 0 Å². The SMILES string of the molecule is Cc1nc2sc([C@H](c3ccc(Cl)cc3)N3C[C@@H](C)C[C@H](C)C3)c(O)n2n1. The predicted octanol–water partition coefficient (Wildman–Crippen LogP) is 4.53. The lowest BCUT2D eigenvalue weighted by atomic mass is 9.89. The molecule has 0 radical (unpaired) electrons. The van der Waals surface area contributed by atoms with E-state index in [4.69, 9.17) is 11.6 Å². The molecule has 1 aliphatic rings. The van der Waals surface area contributed by atoms with Crippen LogP contribution in [0.15, 0.2) is 24.3 Å². The van der Waals surface area contributed by atoms with Crippen LogP contribution in [0.25, 0.3) is 4.96 Å². The predicted molar refractivity (Wildman–Crippen MR) is 105 cm³/mol. The molecule has 0 unspecified atom stereocenters. The Balaban J connectivity index is 1.82. The summed E-state index contributed by atoms with van der Waals surface area (Å²) in [6.07, 6.45) is 1.24. The van der Waals surface area contributed by atoms with Crippen molar-refractivity contribution in [3.05, 3.63) is 45.6 Å². The second kappa shape index (κ2) is 6.83. The van der Waals surface area contributed by atoms with Gasteiger partial charge in [0.25, 0.3) is 0 Å². The van der Waals surface area contributed by atoms with E-state index in [9.17, 15) is 5.11 Å². The zero-order chi connectivity index (χ0) is 18.4. The van der Waals surface area contributed by atoms with Crippen molar-refractivity contribution in [1.29, 1.82) is 0 Å². The van der Waals surface area contributed by atoms with Gasteiger partial charge in [-0.05, 0) is 42.9 Å². The van der Waals surface area contributed by atoms with Gasteiger partial charge < -0.3 is 5.11 Å². The van der Waals surface area contributed by atoms with E-state index in [2.05, 4.69) is 41.0 Å². The number of hydrogen-bond donors (Lipinski definition) is 1. The fraction of sp³-hybridized carbons (Fsp3) is 0.474. The van der Waals surface area contributed by atoms with Gasteiger partial charge in [-0.3, -0.25) is 4.90 Å². The second-order valence-electron chi connectivity index (χ2n) is 7.50. The van der Waals surface area contributed by atoms with Crippen molar-refractivity contribution in [1.82, 2.24) is 19.5 Å². The van der Waals surface area contributed by atoms with Crippen molar-refractivity contribution in [2.75, 3.05) is 13.1 Å². The summed E-state index contributed by atoms with van der Waals surface area (Å²) in [6, 6.07) is 7.92. The van der Waals surface area contributed by atoms with E-state index in [-0.39, 0.29) is 11.9 Å². The van der Waals surface area contributed by atoms with Gasteiger partial charge in [0, 0.05) is 18.1 Å². The van der Waals surface area contributed by atoms with E-state index >= 15 is 0 Å². The quantitative estimate of drug-likeness (QED) is 0.714. The van der Waals surface area contributed by atoms with E-state index in [1.54, 1.807) is 4.52 Å². The first-order valence-electron chi connectivity index (χ1n) is 8.97. The number of likely N-dealkylation sites (tertiary alicyclic amines) is 1. The van der Waals surface area contributed by atoms with Gasteiger partial charge in [0.1, 0.15) is 5.82 Å². The molecule has 138 valence electrons. The second-order valence-corrected chi connectivity index (χ2v) is 8.94. The molecule has 1 saturated heterocycles. The normalized spacial score (nSPS) is 22.8. The highest BCUT2D eigenvalue weighted by Crippen LogP contribution is 2.42. The van der Waals surface area contributed by atoms with Crippen molar-refractivity contribution in [3.63, 3.8) is 0 Å². The number of nitrogens with zero attached hydrogens (tertiary/aromatic N) is 4. The van der Waals surface area contributed by atoms with Crippen LogP contribution in [-0.4, -0.2) is 37.7 Å². The number of hydrogen-bond acceptors (Lipinski definition) is 5. The molecule has 3 aromatic rings. The fourth-order valence-corrected chi connectivity index (χ4v) is 5.41. The molecule has 4 rings (SSSR count). The summed E-state index contributed by atoms with van der Waals surface area (Å²) in [5, 5.41) is 15.9. The Morgan fingerprint density at radius 2 is 1.85 bits per heavy atom. The number of benzene rings is 1. The summed E-state index contributed by atoms with van der Waals surface area (Å²) in [4.78, 5) is 8.52. The molecule has 1 fully saturated rings. The van der Waals surface area contributed by atoms with Crippen LogP contribution < -0.4 is 0 Å². The number of aromatic nitrogens is 3. The molecule has 1 N–H and O–H groups in total. The van der Waals surface area contributed by atoms with Gasteiger partial charge in [-0.2, -0.15) is 4.52 Å². The van der Waals surface area contributed by atoms with Crippen molar-refractivity contribution < 1.29 is 5.11 Å². The van der Waals surface area contributed by atoms with E-state index < -0.39 is 0 Å². The van der Waals surface area contributed by atoms with Crippen LogP contribution in [0.5, 0.6) is 5.88 Å². The Morgan fingerprint density at radius 1 is 1.19 bits per heavy atom. The molecule has 3 atom stereocenters. The van der Waals surface area contributed by atoms with Crippen LogP contribution in [-0.2, 0) is 0 Å². The molecule has 5 nitrogen and oxygen atoms in total. The molecular weight excluding hydrogens is 368 g/mol. The maximum absolute atomic E-state index is 10.9. The number of halogens is 1. The molecule has 0 saturated carbocycles. The van der Waals surface area contributed by atoms with Crippen molar-refractivity contribution in [3.8, 4) is 5.88 Å². The van der Waals surface area contributed by atoms with Gasteiger partial charge in [-0.25, -0.2) is 4.98 Å². The van der Waals surface area contributed by atoms with Gasteiger partial charge in [-0.1, -0.05) is 48.9 Å². The van der Waals surface area contributed by atoms with Crippen LogP contribution in [0, 0.1) is 18.8 Å². The molecule has 1 aromatic carbocycles. The van der Waals surface area contributed by atoms with E-state index in [1.807, 2.05) is 19.1 Å². The number of fused-ring (bicyclic) bond motifs is 1. The summed E-state index contributed by atoms with van der Waals surface area (Å²) in [5.41, 5.74) is 1.13. The monoisotopic (exact) mass is 390 g/mol. The third-order valence-corrected chi connectivity index (χ3v) is 6.33. The summed E-state index contributed by atoms with van der Waals surface area (Å²) >= 11 is 7.62. The maximum atomic E-state index is 10.9. The smallest absolute Gasteiger partial charge is 0.230 e. The Labute approximate surface area is 162 Å². The summed E-state index contributed by atoms with van der Waals surface area (Å²) in [7, 11) is 0. The minimum absolute atomic E-state index is 0.0220. The summed E-state index contributed by atoms with van der Waals surface area (Å²) in [5.74, 6) is 2.11. The summed E-state index contributed by atoms with van der Waals surface area (Å²) in [6.45, 7) is 8.44. The number of piperidine rings is 1. The molecule has 1 aliphatic heterocycles. The lowest BCUT2D eigenvalue weighted by Gasteiger charge is -2.40. The molecule has 3 heterocycles. The lowest BCUT2D eigenvalue weighted by Crippen LogP contribution is -2.41. The minimum Gasteiger partial charge on any atom is -0.492 e. The van der Waals surface area contributed by atoms with Crippen molar-refractivity contribution in [2.24, 2.45) is 11.8 Å².